The van der Waals surface area contributed by atoms with Crippen molar-refractivity contribution < 1.29 is 4.39 Å². The van der Waals surface area contributed by atoms with Gasteiger partial charge >= 0.3 is 0 Å². The molecule has 0 fully saturated rings. The van der Waals surface area contributed by atoms with E-state index in [-0.39, 0.29) is 5.82 Å². The van der Waals surface area contributed by atoms with Crippen molar-refractivity contribution in [2.24, 2.45) is 0 Å². The minimum atomic E-state index is -0.233. The van der Waals surface area contributed by atoms with E-state index in [0.717, 1.165) is 11.1 Å². The zero-order chi connectivity index (χ0) is 9.97. The predicted molar refractivity (Wildman–Crippen MR) is 55.2 cm³/mol. The summed E-state index contributed by atoms with van der Waals surface area (Å²) in [5.41, 5.74) is 2.58. The summed E-state index contributed by atoms with van der Waals surface area (Å²) in [6.07, 6.45) is 0. The zero-order valence-electron chi connectivity index (χ0n) is 7.57. The first-order valence-electron chi connectivity index (χ1n) is 4.38. The Hall–Kier alpha value is -1.63. The first-order chi connectivity index (χ1) is 6.77. The van der Waals surface area contributed by atoms with Crippen molar-refractivity contribution in [3.8, 4) is 11.1 Å². The van der Waals surface area contributed by atoms with Gasteiger partial charge in [0.05, 0.1) is 0 Å². The van der Waals surface area contributed by atoms with Gasteiger partial charge in [-0.3, -0.25) is 0 Å². The minimum Gasteiger partial charge on any atom is -0.207 e. The number of hydrogen-bond donors (Lipinski definition) is 0. The highest BCUT2D eigenvalue weighted by molar-refractivity contribution is 5.67. The molecule has 0 aliphatic heterocycles. The van der Waals surface area contributed by atoms with Crippen LogP contribution in [0.3, 0.4) is 0 Å². The fraction of sp³-hybridized carbons (Fsp3) is 0. The van der Waals surface area contributed by atoms with Crippen molar-refractivity contribution >= 4 is 0 Å². The molecule has 14 heavy (non-hydrogen) atoms. The summed E-state index contributed by atoms with van der Waals surface area (Å²) >= 11 is 0. The zero-order valence-corrected chi connectivity index (χ0v) is 7.57. The van der Waals surface area contributed by atoms with Gasteiger partial charge in [-0.2, -0.15) is 0 Å². The van der Waals surface area contributed by atoms with Crippen LogP contribution in [0, 0.1) is 12.7 Å². The van der Waals surface area contributed by atoms with Gasteiger partial charge in [-0.25, -0.2) is 4.39 Å². The molecule has 0 atom stereocenters. The molecule has 0 spiro atoms. The van der Waals surface area contributed by atoms with Crippen LogP contribution in [-0.4, -0.2) is 0 Å². The third-order valence-corrected chi connectivity index (χ3v) is 2.12. The first kappa shape index (κ1) is 8.95. The molecule has 0 amide bonds. The molecule has 2 aromatic rings. The Morgan fingerprint density at radius 1 is 0.857 bits per heavy atom. The maximum Gasteiger partial charge on any atom is 0.123 e. The highest BCUT2D eigenvalue weighted by atomic mass is 19.1. The van der Waals surface area contributed by atoms with E-state index in [4.69, 9.17) is 6.92 Å². The minimum absolute atomic E-state index is 0.233. The van der Waals surface area contributed by atoms with Gasteiger partial charge in [0.25, 0.3) is 0 Å². The van der Waals surface area contributed by atoms with Crippen LogP contribution in [0.1, 0.15) is 5.56 Å². The Kier molecular flexibility index (Phi) is 2.32. The largest absolute Gasteiger partial charge is 0.207 e. The average Bonchev–Trinajstić information content (AvgIpc) is 2.20. The van der Waals surface area contributed by atoms with Gasteiger partial charge in [0.2, 0.25) is 0 Å². The van der Waals surface area contributed by atoms with Crippen LogP contribution in [0.15, 0.2) is 48.5 Å². The summed E-state index contributed by atoms with van der Waals surface area (Å²) in [6.45, 7) is 5.80. The van der Waals surface area contributed by atoms with Crippen molar-refractivity contribution in [1.82, 2.24) is 0 Å². The molecule has 0 N–H and O–H groups in total. The molecule has 0 nitrogen and oxygen atoms in total. The van der Waals surface area contributed by atoms with Crippen molar-refractivity contribution in [1.29, 1.82) is 0 Å². The summed E-state index contributed by atoms with van der Waals surface area (Å²) in [6, 6.07) is 13.9. The van der Waals surface area contributed by atoms with Crippen LogP contribution >= 0.6 is 0 Å². The molecule has 2 rings (SSSR count). The van der Waals surface area contributed by atoms with E-state index >= 15 is 0 Å². The Morgan fingerprint density at radius 3 is 2.14 bits per heavy atom. The quantitative estimate of drug-likeness (QED) is 0.635. The van der Waals surface area contributed by atoms with Gasteiger partial charge in [0.1, 0.15) is 5.82 Å². The second kappa shape index (κ2) is 3.62. The maximum atomic E-state index is 12.7. The molecule has 0 bridgehead atoms. The normalized spacial score (nSPS) is 10.1. The van der Waals surface area contributed by atoms with Crippen molar-refractivity contribution in [2.75, 3.05) is 0 Å². The third-order valence-electron chi connectivity index (χ3n) is 2.12. The topological polar surface area (TPSA) is 0 Å². The number of halogens is 1. The van der Waals surface area contributed by atoms with E-state index < -0.39 is 0 Å². The predicted octanol–water partition coefficient (Wildman–Crippen LogP) is 3.55. The van der Waals surface area contributed by atoms with E-state index in [9.17, 15) is 4.39 Å². The molecule has 0 saturated carbocycles. The molecule has 0 aromatic heterocycles. The van der Waals surface area contributed by atoms with Crippen molar-refractivity contribution in [2.45, 2.75) is 0 Å². The Balaban J connectivity index is 2.50. The first-order valence-corrected chi connectivity index (χ1v) is 4.38. The molecular formula is C13H9F. The second-order valence-electron chi connectivity index (χ2n) is 3.09. The van der Waals surface area contributed by atoms with Gasteiger partial charge < -0.3 is 0 Å². The van der Waals surface area contributed by atoms with E-state index in [1.165, 1.54) is 12.1 Å². The van der Waals surface area contributed by atoms with Gasteiger partial charge in [0.15, 0.2) is 0 Å². The molecule has 0 heterocycles. The fourth-order valence-corrected chi connectivity index (χ4v) is 1.39. The lowest BCUT2D eigenvalue weighted by Gasteiger charge is -2.04. The summed E-state index contributed by atoms with van der Waals surface area (Å²) in [7, 11) is 0. The van der Waals surface area contributed by atoms with Crippen LogP contribution in [0.4, 0.5) is 4.39 Å². The number of hydrogen-bond acceptors (Lipinski definition) is 0. The Labute approximate surface area is 83.0 Å². The lowest BCUT2D eigenvalue weighted by Crippen LogP contribution is -1.82. The SMILES string of the molecule is [CH]c1ccccc1-c1ccc(F)cc1. The molecule has 2 radical (unpaired) electrons. The number of rotatable bonds is 1. The van der Waals surface area contributed by atoms with Gasteiger partial charge in [-0.1, -0.05) is 36.4 Å². The molecule has 1 heteroatoms. The smallest absolute Gasteiger partial charge is 0.123 e. The monoisotopic (exact) mass is 184 g/mol. The maximum absolute atomic E-state index is 12.7. The van der Waals surface area contributed by atoms with Gasteiger partial charge in [-0.05, 0) is 35.7 Å². The Morgan fingerprint density at radius 2 is 1.50 bits per heavy atom. The molecule has 2 aromatic carbocycles. The molecule has 0 aliphatic rings. The molecule has 68 valence electrons. The van der Waals surface area contributed by atoms with Crippen molar-refractivity contribution in [3.05, 3.63) is 66.8 Å². The highest BCUT2D eigenvalue weighted by Crippen LogP contribution is 2.22. The molecule has 0 aliphatic carbocycles. The third kappa shape index (κ3) is 1.67. The summed E-state index contributed by atoms with van der Waals surface area (Å²) in [5.74, 6) is -0.233. The van der Waals surface area contributed by atoms with Gasteiger partial charge in [-0.15, -0.1) is 0 Å². The van der Waals surface area contributed by atoms with Crippen LogP contribution in [0.25, 0.3) is 11.1 Å². The number of benzene rings is 2. The van der Waals surface area contributed by atoms with Crippen LogP contribution in [-0.2, 0) is 0 Å². The van der Waals surface area contributed by atoms with E-state index in [1.807, 2.05) is 24.3 Å². The Bertz CT molecular complexity index is 429. The van der Waals surface area contributed by atoms with E-state index in [2.05, 4.69) is 0 Å². The van der Waals surface area contributed by atoms with E-state index in [1.54, 1.807) is 12.1 Å². The molecular weight excluding hydrogens is 175 g/mol. The summed E-state index contributed by atoms with van der Waals surface area (Å²) in [5, 5.41) is 0. The van der Waals surface area contributed by atoms with Crippen LogP contribution in [0.5, 0.6) is 0 Å². The second-order valence-corrected chi connectivity index (χ2v) is 3.09. The lowest BCUT2D eigenvalue weighted by atomic mass is 10.0. The van der Waals surface area contributed by atoms with Crippen LogP contribution in [0.2, 0.25) is 0 Å². The van der Waals surface area contributed by atoms with E-state index in [0.29, 0.717) is 5.56 Å². The molecule has 0 saturated heterocycles. The van der Waals surface area contributed by atoms with Crippen LogP contribution < -0.4 is 0 Å². The molecule has 0 unspecified atom stereocenters. The summed E-state index contributed by atoms with van der Waals surface area (Å²) in [4.78, 5) is 0. The highest BCUT2D eigenvalue weighted by Gasteiger charge is 2.00. The lowest BCUT2D eigenvalue weighted by molar-refractivity contribution is 0.628. The summed E-state index contributed by atoms with van der Waals surface area (Å²) < 4.78 is 12.7. The average molecular weight is 184 g/mol. The standard InChI is InChI=1S/C13H9F/c1-10-4-2-3-5-13(10)11-6-8-12(14)9-7-11/h1-9H. The van der Waals surface area contributed by atoms with Crippen molar-refractivity contribution in [3.63, 3.8) is 0 Å². The van der Waals surface area contributed by atoms with Gasteiger partial charge in [0, 0.05) is 0 Å². The fourth-order valence-electron chi connectivity index (χ4n) is 1.39.